The Balaban J connectivity index is 1.92. The number of rotatable bonds is 2. The Hall–Kier alpha value is -1.94. The van der Waals surface area contributed by atoms with Crippen LogP contribution in [0.2, 0.25) is 0 Å². The molecule has 4 heteroatoms. The van der Waals surface area contributed by atoms with Gasteiger partial charge < -0.3 is 11.1 Å². The molecule has 1 aliphatic heterocycles. The van der Waals surface area contributed by atoms with E-state index in [4.69, 9.17) is 10.7 Å². The zero-order valence-corrected chi connectivity index (χ0v) is 12.7. The molecule has 3 rings (SSSR count). The molecule has 2 fully saturated rings. The second-order valence-electron chi connectivity index (χ2n) is 6.21. The smallest absolute Gasteiger partial charge is 0.123 e. The van der Waals surface area contributed by atoms with Crippen LogP contribution in [0.4, 0.5) is 10.1 Å². The van der Waals surface area contributed by atoms with Crippen LogP contribution in [0.1, 0.15) is 19.3 Å². The number of benzene rings is 1. The average molecular weight is 299 g/mol. The van der Waals surface area contributed by atoms with E-state index in [9.17, 15) is 4.39 Å². The summed E-state index contributed by atoms with van der Waals surface area (Å²) in [7, 11) is 0. The van der Waals surface area contributed by atoms with Gasteiger partial charge in [-0.05, 0) is 67.8 Å². The number of nitrogens with zero attached hydrogens (tertiary/aromatic N) is 1. The standard InChI is InChI=1S/C18H22FN3/c1-2-18-10-13(11-20)17(9-14(18)7-8-21-12-18)22-16-5-3-15(19)4-6-16/h2-6,11,14,21H,1,7-10,12,20H2. The molecule has 116 valence electrons. The molecule has 3 N–H and O–H groups in total. The van der Waals surface area contributed by atoms with Crippen LogP contribution in [0, 0.1) is 17.2 Å². The normalized spacial score (nSPS) is 32.0. The molecule has 1 aromatic carbocycles. The van der Waals surface area contributed by atoms with Gasteiger partial charge in [0.15, 0.2) is 0 Å². The zero-order valence-electron chi connectivity index (χ0n) is 12.7. The van der Waals surface area contributed by atoms with Crippen molar-refractivity contribution in [1.82, 2.24) is 5.32 Å². The van der Waals surface area contributed by atoms with Crippen molar-refractivity contribution in [3.63, 3.8) is 0 Å². The second kappa shape index (κ2) is 6.05. The molecule has 0 aromatic heterocycles. The monoisotopic (exact) mass is 299 g/mol. The predicted molar refractivity (Wildman–Crippen MR) is 88.6 cm³/mol. The van der Waals surface area contributed by atoms with Crippen LogP contribution in [0.15, 0.2) is 53.7 Å². The first-order valence-corrected chi connectivity index (χ1v) is 7.75. The van der Waals surface area contributed by atoms with Gasteiger partial charge in [-0.25, -0.2) is 4.39 Å². The second-order valence-corrected chi connectivity index (χ2v) is 6.21. The largest absolute Gasteiger partial charge is 0.404 e. The maximum atomic E-state index is 13.0. The van der Waals surface area contributed by atoms with Crippen molar-refractivity contribution in [3.8, 4) is 0 Å². The Kier molecular flexibility index (Phi) is 4.12. The summed E-state index contributed by atoms with van der Waals surface area (Å²) < 4.78 is 13.0. The summed E-state index contributed by atoms with van der Waals surface area (Å²) in [6.45, 7) is 6.04. The predicted octanol–water partition coefficient (Wildman–Crippen LogP) is 3.32. The fourth-order valence-corrected chi connectivity index (χ4v) is 3.62. The number of nitrogens with two attached hydrogens (primary N) is 1. The molecule has 2 aliphatic rings. The van der Waals surface area contributed by atoms with E-state index in [0.717, 1.165) is 49.3 Å². The van der Waals surface area contributed by atoms with E-state index in [0.29, 0.717) is 5.92 Å². The summed E-state index contributed by atoms with van der Waals surface area (Å²) in [5.74, 6) is 0.292. The molecule has 0 spiro atoms. The van der Waals surface area contributed by atoms with Gasteiger partial charge in [0.1, 0.15) is 5.82 Å². The van der Waals surface area contributed by atoms with Gasteiger partial charge in [-0.2, -0.15) is 0 Å². The fraction of sp³-hybridized carbons (Fsp3) is 0.389. The molecular formula is C18H22FN3. The van der Waals surface area contributed by atoms with E-state index in [1.54, 1.807) is 18.3 Å². The van der Waals surface area contributed by atoms with Crippen molar-refractivity contribution in [2.24, 2.45) is 22.1 Å². The summed E-state index contributed by atoms with van der Waals surface area (Å²) in [5, 5.41) is 3.47. The minimum Gasteiger partial charge on any atom is -0.404 e. The van der Waals surface area contributed by atoms with Gasteiger partial charge >= 0.3 is 0 Å². The molecule has 1 aliphatic carbocycles. The Morgan fingerprint density at radius 1 is 1.36 bits per heavy atom. The molecule has 1 heterocycles. The van der Waals surface area contributed by atoms with Gasteiger partial charge in [-0.3, -0.25) is 4.99 Å². The van der Waals surface area contributed by atoms with Crippen molar-refractivity contribution in [3.05, 3.63) is 54.5 Å². The summed E-state index contributed by atoms with van der Waals surface area (Å²) in [4.78, 5) is 4.71. The topological polar surface area (TPSA) is 50.4 Å². The molecule has 2 unspecified atom stereocenters. The highest BCUT2D eigenvalue weighted by Crippen LogP contribution is 2.46. The number of fused-ring (bicyclic) bond motifs is 1. The highest BCUT2D eigenvalue weighted by atomic mass is 19.1. The molecule has 22 heavy (non-hydrogen) atoms. The lowest BCUT2D eigenvalue weighted by molar-refractivity contribution is 0.165. The summed E-state index contributed by atoms with van der Waals surface area (Å²) >= 11 is 0. The van der Waals surface area contributed by atoms with Gasteiger partial charge in [0, 0.05) is 17.7 Å². The minimum absolute atomic E-state index is 0.0747. The molecule has 3 nitrogen and oxygen atoms in total. The lowest BCUT2D eigenvalue weighted by Gasteiger charge is -2.47. The van der Waals surface area contributed by atoms with Crippen LogP contribution < -0.4 is 11.1 Å². The number of nitrogens with one attached hydrogen (secondary N) is 1. The van der Waals surface area contributed by atoms with E-state index < -0.39 is 0 Å². The minimum atomic E-state index is -0.244. The Morgan fingerprint density at radius 3 is 2.82 bits per heavy atom. The number of allylic oxidation sites excluding steroid dienone is 1. The summed E-state index contributed by atoms with van der Waals surface area (Å²) in [6.07, 6.45) is 6.63. The molecule has 1 saturated heterocycles. The Labute approximate surface area is 130 Å². The maximum Gasteiger partial charge on any atom is 0.123 e. The third kappa shape index (κ3) is 2.71. The number of hydrogen-bond donors (Lipinski definition) is 2. The first-order chi connectivity index (χ1) is 10.7. The SMILES string of the molecule is C=CC12CNCCC1CC(=Nc1ccc(F)cc1)C(=CN)C2. The lowest BCUT2D eigenvalue weighted by atomic mass is 9.61. The van der Waals surface area contributed by atoms with Crippen LogP contribution in [0.3, 0.4) is 0 Å². The van der Waals surface area contributed by atoms with Gasteiger partial charge in [0.05, 0.1) is 5.69 Å². The first-order valence-electron chi connectivity index (χ1n) is 7.75. The molecular weight excluding hydrogens is 277 g/mol. The van der Waals surface area contributed by atoms with Gasteiger partial charge in [-0.15, -0.1) is 6.58 Å². The van der Waals surface area contributed by atoms with E-state index in [1.165, 1.54) is 12.1 Å². The van der Waals surface area contributed by atoms with E-state index >= 15 is 0 Å². The molecule has 2 atom stereocenters. The Bertz CT molecular complexity index is 618. The van der Waals surface area contributed by atoms with E-state index in [1.807, 2.05) is 0 Å². The van der Waals surface area contributed by atoms with Crippen LogP contribution >= 0.6 is 0 Å². The van der Waals surface area contributed by atoms with Gasteiger partial charge in [-0.1, -0.05) is 6.08 Å². The molecule has 1 saturated carbocycles. The number of piperidine rings is 1. The third-order valence-corrected chi connectivity index (χ3v) is 4.97. The summed E-state index contributed by atoms with van der Waals surface area (Å²) in [5.41, 5.74) is 8.80. The maximum absolute atomic E-state index is 13.0. The van der Waals surface area contributed by atoms with Crippen molar-refractivity contribution in [1.29, 1.82) is 0 Å². The average Bonchev–Trinajstić information content (AvgIpc) is 2.56. The van der Waals surface area contributed by atoms with Crippen molar-refractivity contribution in [2.75, 3.05) is 13.1 Å². The van der Waals surface area contributed by atoms with Gasteiger partial charge in [0.25, 0.3) is 0 Å². The third-order valence-electron chi connectivity index (χ3n) is 4.97. The zero-order chi connectivity index (χ0) is 15.6. The van der Waals surface area contributed by atoms with Gasteiger partial charge in [0.2, 0.25) is 0 Å². The van der Waals surface area contributed by atoms with Crippen molar-refractivity contribution < 1.29 is 4.39 Å². The lowest BCUT2D eigenvalue weighted by Crippen LogP contribution is -2.49. The highest BCUT2D eigenvalue weighted by molar-refractivity contribution is 6.02. The Morgan fingerprint density at radius 2 is 2.14 bits per heavy atom. The van der Waals surface area contributed by atoms with Crippen molar-refractivity contribution in [2.45, 2.75) is 19.3 Å². The van der Waals surface area contributed by atoms with E-state index in [2.05, 4.69) is 18.0 Å². The fourth-order valence-electron chi connectivity index (χ4n) is 3.62. The molecule has 0 amide bonds. The molecule has 0 radical (unpaired) electrons. The van der Waals surface area contributed by atoms with Crippen LogP contribution in [0.5, 0.6) is 0 Å². The number of halogens is 1. The van der Waals surface area contributed by atoms with Crippen LogP contribution in [-0.4, -0.2) is 18.8 Å². The first kappa shape index (κ1) is 15.0. The van der Waals surface area contributed by atoms with Crippen molar-refractivity contribution >= 4 is 11.4 Å². The number of aliphatic imine (C=N–C) groups is 1. The molecule has 0 bridgehead atoms. The molecule has 1 aromatic rings. The number of hydrogen-bond acceptors (Lipinski definition) is 3. The van der Waals surface area contributed by atoms with Crippen LogP contribution in [-0.2, 0) is 0 Å². The van der Waals surface area contributed by atoms with E-state index in [-0.39, 0.29) is 11.2 Å². The quantitative estimate of drug-likeness (QED) is 0.823. The van der Waals surface area contributed by atoms with Crippen LogP contribution in [0.25, 0.3) is 0 Å². The summed E-state index contributed by atoms with van der Waals surface area (Å²) in [6, 6.07) is 6.28. The highest BCUT2D eigenvalue weighted by Gasteiger charge is 2.43.